The normalized spacial score (nSPS) is 19.5. The van der Waals surface area contributed by atoms with Crippen LogP contribution in [0, 0.1) is 22.0 Å². The molecular weight excluding hydrogens is 472 g/mol. The van der Waals surface area contributed by atoms with Crippen LogP contribution in [0.5, 0.6) is 0 Å². The zero-order valence-corrected chi connectivity index (χ0v) is 22.0. The van der Waals surface area contributed by atoms with Crippen molar-refractivity contribution in [1.29, 1.82) is 0 Å². The number of amides is 1. The number of ketones is 1. The third-order valence-corrected chi connectivity index (χ3v) is 11.4. The van der Waals surface area contributed by atoms with Crippen LogP contribution in [0.2, 0.25) is 18.1 Å². The van der Waals surface area contributed by atoms with Gasteiger partial charge in [-0.15, -0.1) is 0 Å². The molecule has 11 nitrogen and oxygen atoms in total. The Balaban J connectivity index is 2.05. The number of hydrogen-bond acceptors (Lipinski definition) is 7. The lowest BCUT2D eigenvalue weighted by Gasteiger charge is -2.46. The number of nitrogens with one attached hydrogen (secondary N) is 1. The van der Waals surface area contributed by atoms with Crippen LogP contribution in [0.15, 0.2) is 24.3 Å². The molecule has 1 aromatic carbocycles. The van der Waals surface area contributed by atoms with Crippen molar-refractivity contribution in [2.75, 3.05) is 0 Å². The molecule has 1 aliphatic heterocycles. The van der Waals surface area contributed by atoms with Gasteiger partial charge in [0.15, 0.2) is 8.32 Å². The molecule has 1 saturated heterocycles. The van der Waals surface area contributed by atoms with Gasteiger partial charge < -0.3 is 20.0 Å². The molecular formula is C23H32N4O7Si. The van der Waals surface area contributed by atoms with Crippen molar-refractivity contribution in [3.05, 3.63) is 45.5 Å². The topological polar surface area (TPSA) is 161 Å². The maximum absolute atomic E-state index is 13.0. The predicted octanol–water partition coefficient (Wildman–Crippen LogP) is 3.04. The maximum Gasteiger partial charge on any atom is 0.441 e. The Morgan fingerprint density at radius 2 is 1.80 bits per heavy atom. The largest absolute Gasteiger partial charge is 0.452 e. The van der Waals surface area contributed by atoms with E-state index in [-0.39, 0.29) is 23.2 Å². The number of nitrogens with zero attached hydrogens (tertiary/aromatic N) is 3. The highest BCUT2D eigenvalue weighted by molar-refractivity contribution is 6.74. The molecule has 0 saturated carbocycles. The quantitative estimate of drug-likeness (QED) is 0.0589. The Labute approximate surface area is 205 Å². The lowest BCUT2D eigenvalue weighted by atomic mass is 9.76. The van der Waals surface area contributed by atoms with Gasteiger partial charge in [-0.1, -0.05) is 27.7 Å². The van der Waals surface area contributed by atoms with Crippen LogP contribution in [0.1, 0.15) is 40.2 Å². The van der Waals surface area contributed by atoms with Gasteiger partial charge in [0.2, 0.25) is 5.91 Å². The van der Waals surface area contributed by atoms with Gasteiger partial charge in [-0.2, -0.15) is 4.79 Å². The van der Waals surface area contributed by atoms with Gasteiger partial charge in [0, 0.05) is 18.1 Å². The number of hydrogen-bond donors (Lipinski definition) is 1. The molecule has 0 spiro atoms. The van der Waals surface area contributed by atoms with E-state index in [0.29, 0.717) is 5.56 Å². The molecule has 190 valence electrons. The maximum atomic E-state index is 13.0. The second-order valence-electron chi connectivity index (χ2n) is 10.2. The van der Waals surface area contributed by atoms with Crippen LogP contribution in [0.4, 0.5) is 5.69 Å². The van der Waals surface area contributed by atoms with E-state index in [0.717, 1.165) is 0 Å². The number of benzene rings is 1. The van der Waals surface area contributed by atoms with E-state index in [1.54, 1.807) is 6.92 Å². The Kier molecular flexibility index (Phi) is 8.48. The molecule has 35 heavy (non-hydrogen) atoms. The number of rotatable bonds is 10. The minimum Gasteiger partial charge on any atom is -0.452 e. The SMILES string of the molecule is C[C@@H](O[Si](C)(C)C(C)(C)C)[C@H]1C(=O)N[C@@H]1[C@@H](C)C(=O)C(=[N+]=[N-])C(=O)OCc1ccc([N+](=O)[O-])cc1. The minimum absolute atomic E-state index is 0.0669. The zero-order chi connectivity index (χ0) is 26.7. The fourth-order valence-corrected chi connectivity index (χ4v) is 5.00. The third kappa shape index (κ3) is 6.27. The number of nitro benzene ring substituents is 1. The molecule has 0 unspecified atom stereocenters. The summed E-state index contributed by atoms with van der Waals surface area (Å²) in [5.74, 6) is -3.64. The first-order valence-electron chi connectivity index (χ1n) is 11.3. The number of carbonyl (C=O) groups excluding carboxylic acids is 3. The average molecular weight is 505 g/mol. The first kappa shape index (κ1) is 28.0. The third-order valence-electron chi connectivity index (χ3n) is 6.79. The van der Waals surface area contributed by atoms with E-state index in [9.17, 15) is 30.0 Å². The fraction of sp³-hybridized carbons (Fsp3) is 0.565. The average Bonchev–Trinajstić information content (AvgIpc) is 2.74. The van der Waals surface area contributed by atoms with E-state index < -0.39 is 54.7 Å². The van der Waals surface area contributed by atoms with Crippen LogP contribution in [-0.2, 0) is 30.2 Å². The number of Topliss-reactive ketones (excluding diaryl/α,β-unsaturated/α-hetero) is 1. The Morgan fingerprint density at radius 1 is 1.23 bits per heavy atom. The molecule has 4 atom stereocenters. The van der Waals surface area contributed by atoms with Gasteiger partial charge in [-0.25, -0.2) is 4.79 Å². The van der Waals surface area contributed by atoms with Crippen LogP contribution >= 0.6 is 0 Å². The van der Waals surface area contributed by atoms with E-state index in [2.05, 4.69) is 44.0 Å². The summed E-state index contributed by atoms with van der Waals surface area (Å²) in [6.45, 7) is 13.5. The molecule has 0 aliphatic carbocycles. The van der Waals surface area contributed by atoms with Crippen LogP contribution < -0.4 is 5.32 Å². The summed E-state index contributed by atoms with van der Waals surface area (Å²) < 4.78 is 11.4. The van der Waals surface area contributed by atoms with E-state index in [1.165, 1.54) is 31.2 Å². The minimum atomic E-state index is -2.17. The fourth-order valence-electron chi connectivity index (χ4n) is 3.57. The summed E-state index contributed by atoms with van der Waals surface area (Å²) in [6.07, 6.45) is -0.450. The van der Waals surface area contributed by atoms with E-state index in [1.807, 2.05) is 0 Å². The number of non-ortho nitro benzene ring substituents is 1. The standard InChI is InChI=1S/C23H32N4O7Si/c1-13(18-17(21(29)25-18)14(2)34-35(6,7)23(3,4)5)20(28)19(26-24)22(30)33-12-15-8-10-16(11-9-15)27(31)32/h8-11,13-14,17-18H,12H2,1-7H3,(H,25,29)/t13-,14-,17-,18-/m1/s1. The Morgan fingerprint density at radius 3 is 2.26 bits per heavy atom. The highest BCUT2D eigenvalue weighted by Crippen LogP contribution is 2.39. The van der Waals surface area contributed by atoms with Crippen LogP contribution in [0.3, 0.4) is 0 Å². The smallest absolute Gasteiger partial charge is 0.441 e. The zero-order valence-electron chi connectivity index (χ0n) is 21.0. The Bertz CT molecular complexity index is 1060. The summed E-state index contributed by atoms with van der Waals surface area (Å²) in [5, 5.41) is 13.4. The first-order valence-corrected chi connectivity index (χ1v) is 14.2. The van der Waals surface area contributed by atoms with E-state index in [4.69, 9.17) is 9.16 Å². The van der Waals surface area contributed by atoms with Crippen LogP contribution in [-0.4, -0.2) is 53.5 Å². The predicted molar refractivity (Wildman–Crippen MR) is 129 cm³/mol. The monoisotopic (exact) mass is 504 g/mol. The summed E-state index contributed by atoms with van der Waals surface area (Å²) in [7, 11) is -2.17. The number of β-lactam (4-membered cyclic amide) rings is 1. The Hall–Kier alpha value is -3.21. The molecule has 1 aliphatic rings. The molecule has 2 rings (SSSR count). The molecule has 1 N–H and O–H groups in total. The molecule has 1 fully saturated rings. The van der Waals surface area contributed by atoms with Gasteiger partial charge in [-0.05, 0) is 42.8 Å². The van der Waals surface area contributed by atoms with Crippen molar-refractivity contribution >= 4 is 37.4 Å². The van der Waals surface area contributed by atoms with Gasteiger partial charge in [0.05, 0.1) is 23.0 Å². The number of ether oxygens (including phenoxy) is 1. The van der Waals surface area contributed by atoms with Crippen molar-refractivity contribution in [1.82, 2.24) is 5.32 Å². The number of esters is 1. The molecule has 0 aromatic heterocycles. The summed E-state index contributed by atoms with van der Waals surface area (Å²) in [5.41, 5.74) is 8.87. The molecule has 1 heterocycles. The van der Waals surface area contributed by atoms with E-state index >= 15 is 0 Å². The first-order chi connectivity index (χ1) is 16.1. The van der Waals surface area contributed by atoms with Crippen molar-refractivity contribution in [3.63, 3.8) is 0 Å². The number of carbonyl (C=O) groups is 3. The lowest BCUT2D eigenvalue weighted by Crippen LogP contribution is -2.67. The van der Waals surface area contributed by atoms with Crippen molar-refractivity contribution < 1.29 is 33.3 Å². The summed E-state index contributed by atoms with van der Waals surface area (Å²) in [4.78, 5) is 50.7. The second kappa shape index (κ2) is 10.6. The second-order valence-corrected chi connectivity index (χ2v) is 15.0. The number of nitro groups is 1. The van der Waals surface area contributed by atoms with Gasteiger partial charge >= 0.3 is 11.7 Å². The molecule has 0 radical (unpaired) electrons. The highest BCUT2D eigenvalue weighted by Gasteiger charge is 2.52. The summed E-state index contributed by atoms with van der Waals surface area (Å²) in [6, 6.07) is 4.72. The van der Waals surface area contributed by atoms with Crippen molar-refractivity contribution in [2.24, 2.45) is 11.8 Å². The molecule has 0 bridgehead atoms. The van der Waals surface area contributed by atoms with Gasteiger partial charge in [-0.3, -0.25) is 19.7 Å². The highest BCUT2D eigenvalue weighted by atomic mass is 28.4. The van der Waals surface area contributed by atoms with Gasteiger partial charge in [0.25, 0.3) is 11.5 Å². The van der Waals surface area contributed by atoms with Crippen molar-refractivity contribution in [2.45, 2.75) is 71.5 Å². The molecule has 1 aromatic rings. The van der Waals surface area contributed by atoms with Crippen molar-refractivity contribution in [3.8, 4) is 0 Å². The van der Waals surface area contributed by atoms with Crippen LogP contribution in [0.25, 0.3) is 5.53 Å². The molecule has 12 heteroatoms. The molecule has 1 amide bonds. The lowest BCUT2D eigenvalue weighted by molar-refractivity contribution is -0.384. The summed E-state index contributed by atoms with van der Waals surface area (Å²) >= 11 is 0. The van der Waals surface area contributed by atoms with Gasteiger partial charge in [0.1, 0.15) is 6.61 Å².